The van der Waals surface area contributed by atoms with E-state index in [1.165, 1.54) is 0 Å². The van der Waals surface area contributed by atoms with Crippen LogP contribution in [0.1, 0.15) is 26.3 Å². The van der Waals surface area contributed by atoms with E-state index in [1.54, 1.807) is 6.33 Å². The van der Waals surface area contributed by atoms with Crippen LogP contribution in [-0.2, 0) is 4.79 Å². The largest absolute Gasteiger partial charge is 0.320 e. The van der Waals surface area contributed by atoms with Crippen molar-refractivity contribution in [2.75, 3.05) is 0 Å². The highest BCUT2D eigenvalue weighted by molar-refractivity contribution is 5.84. The Morgan fingerprint density at radius 3 is 2.93 bits per heavy atom. The van der Waals surface area contributed by atoms with Crippen molar-refractivity contribution in [1.82, 2.24) is 9.55 Å². The predicted octanol–water partition coefficient (Wildman–Crippen LogP) is 2.58. The maximum Gasteiger partial charge on any atom is 0.155 e. The number of Topliss-reactive ketones (excluding diaryl/α,β-unsaturated/α-hetero) is 1. The summed E-state index contributed by atoms with van der Waals surface area (Å²) in [7, 11) is 0. The zero-order valence-corrected chi connectivity index (χ0v) is 8.97. The second kappa shape index (κ2) is 3.85. The van der Waals surface area contributed by atoms with Gasteiger partial charge in [-0.25, -0.2) is 4.98 Å². The Balaban J connectivity index is 2.48. The monoisotopic (exact) mass is 202 g/mol. The second-order valence-electron chi connectivity index (χ2n) is 3.64. The van der Waals surface area contributed by atoms with Crippen molar-refractivity contribution < 1.29 is 4.79 Å². The van der Waals surface area contributed by atoms with Crippen LogP contribution in [0.2, 0.25) is 0 Å². The zero-order chi connectivity index (χ0) is 10.8. The lowest BCUT2D eigenvalue weighted by Gasteiger charge is -2.11. The van der Waals surface area contributed by atoms with Gasteiger partial charge in [0.05, 0.1) is 23.4 Å². The molecule has 0 bridgehead atoms. The van der Waals surface area contributed by atoms with Crippen LogP contribution in [0.25, 0.3) is 11.0 Å². The first kappa shape index (κ1) is 9.90. The molecule has 2 aromatic rings. The Morgan fingerprint density at radius 1 is 1.47 bits per heavy atom. The van der Waals surface area contributed by atoms with Crippen molar-refractivity contribution in [3.05, 3.63) is 30.6 Å². The summed E-state index contributed by atoms with van der Waals surface area (Å²) in [5.74, 6) is 0.234. The van der Waals surface area contributed by atoms with E-state index in [1.807, 2.05) is 42.7 Å². The van der Waals surface area contributed by atoms with Crippen LogP contribution < -0.4 is 0 Å². The number of para-hydroxylation sites is 2. The normalized spacial score (nSPS) is 12.9. The minimum Gasteiger partial charge on any atom is -0.320 e. The number of ketones is 1. The molecular formula is C12H14N2O. The fourth-order valence-electron chi connectivity index (χ4n) is 1.74. The summed E-state index contributed by atoms with van der Waals surface area (Å²) in [6.45, 7) is 3.80. The highest BCUT2D eigenvalue weighted by Gasteiger charge is 2.14. The molecule has 0 saturated carbocycles. The number of hydrogen-bond acceptors (Lipinski definition) is 2. The first-order valence-electron chi connectivity index (χ1n) is 5.18. The summed E-state index contributed by atoms with van der Waals surface area (Å²) >= 11 is 0. The molecule has 0 aliphatic rings. The molecule has 0 N–H and O–H groups in total. The molecule has 1 aromatic carbocycles. The van der Waals surface area contributed by atoms with Gasteiger partial charge in [-0.2, -0.15) is 0 Å². The van der Waals surface area contributed by atoms with Crippen LogP contribution >= 0.6 is 0 Å². The first-order valence-corrected chi connectivity index (χ1v) is 5.18. The van der Waals surface area contributed by atoms with Crippen LogP contribution in [0.3, 0.4) is 0 Å². The third-order valence-corrected chi connectivity index (χ3v) is 2.71. The van der Waals surface area contributed by atoms with E-state index < -0.39 is 0 Å². The number of carbonyl (C=O) groups is 1. The molecule has 1 atom stereocenters. The maximum atomic E-state index is 11.6. The smallest absolute Gasteiger partial charge is 0.155 e. The highest BCUT2D eigenvalue weighted by atomic mass is 16.1. The highest BCUT2D eigenvalue weighted by Crippen LogP contribution is 2.18. The van der Waals surface area contributed by atoms with Crippen LogP contribution in [-0.4, -0.2) is 15.3 Å². The molecule has 1 unspecified atom stereocenters. The van der Waals surface area contributed by atoms with Crippen LogP contribution in [0.15, 0.2) is 30.6 Å². The van der Waals surface area contributed by atoms with Gasteiger partial charge >= 0.3 is 0 Å². The van der Waals surface area contributed by atoms with Crippen molar-refractivity contribution in [3.8, 4) is 0 Å². The Hall–Kier alpha value is -1.64. The van der Waals surface area contributed by atoms with Crippen molar-refractivity contribution in [1.29, 1.82) is 0 Å². The van der Waals surface area contributed by atoms with Gasteiger partial charge in [0.15, 0.2) is 5.78 Å². The molecule has 0 aliphatic heterocycles. The van der Waals surface area contributed by atoms with Gasteiger partial charge in [0.2, 0.25) is 0 Å². The molecule has 3 nitrogen and oxygen atoms in total. The van der Waals surface area contributed by atoms with Crippen LogP contribution in [0, 0.1) is 0 Å². The topological polar surface area (TPSA) is 34.9 Å². The minimum atomic E-state index is -0.123. The third kappa shape index (κ3) is 1.65. The molecule has 78 valence electrons. The van der Waals surface area contributed by atoms with Gasteiger partial charge in [-0.15, -0.1) is 0 Å². The number of benzene rings is 1. The lowest BCUT2D eigenvalue weighted by atomic mass is 10.1. The van der Waals surface area contributed by atoms with Crippen molar-refractivity contribution in [2.45, 2.75) is 26.3 Å². The predicted molar refractivity (Wildman–Crippen MR) is 59.7 cm³/mol. The number of hydrogen-bond donors (Lipinski definition) is 0. The quantitative estimate of drug-likeness (QED) is 0.766. The van der Waals surface area contributed by atoms with Crippen molar-refractivity contribution in [3.63, 3.8) is 0 Å². The Morgan fingerprint density at radius 2 is 2.20 bits per heavy atom. The van der Waals surface area contributed by atoms with E-state index in [0.29, 0.717) is 6.42 Å². The van der Waals surface area contributed by atoms with Gasteiger partial charge in [0.1, 0.15) is 0 Å². The molecule has 1 aromatic heterocycles. The molecule has 0 spiro atoms. The molecule has 0 aliphatic carbocycles. The molecule has 15 heavy (non-hydrogen) atoms. The molecule has 0 saturated heterocycles. The lowest BCUT2D eigenvalue weighted by Crippen LogP contribution is -2.14. The van der Waals surface area contributed by atoms with E-state index in [9.17, 15) is 4.79 Å². The van der Waals surface area contributed by atoms with Gasteiger partial charge in [0, 0.05) is 6.42 Å². The van der Waals surface area contributed by atoms with E-state index in [-0.39, 0.29) is 11.8 Å². The second-order valence-corrected chi connectivity index (χ2v) is 3.64. The maximum absolute atomic E-state index is 11.6. The average Bonchev–Trinajstić information content (AvgIpc) is 2.70. The van der Waals surface area contributed by atoms with Gasteiger partial charge in [-0.05, 0) is 19.1 Å². The Labute approximate surface area is 88.7 Å². The average molecular weight is 202 g/mol. The summed E-state index contributed by atoms with van der Waals surface area (Å²) in [6, 6.07) is 7.73. The summed E-state index contributed by atoms with van der Waals surface area (Å²) in [5, 5.41) is 0. The molecule has 1 heterocycles. The van der Waals surface area contributed by atoms with Crippen LogP contribution in [0.5, 0.6) is 0 Å². The minimum absolute atomic E-state index is 0.123. The number of fused-ring (bicyclic) bond motifs is 1. The fraction of sp³-hybridized carbons (Fsp3) is 0.333. The van der Waals surface area contributed by atoms with Crippen molar-refractivity contribution in [2.24, 2.45) is 0 Å². The molecule has 0 fully saturated rings. The van der Waals surface area contributed by atoms with Gasteiger partial charge in [0.25, 0.3) is 0 Å². The molecule has 3 heteroatoms. The summed E-state index contributed by atoms with van der Waals surface area (Å²) in [6.07, 6.45) is 2.30. The summed E-state index contributed by atoms with van der Waals surface area (Å²) in [4.78, 5) is 15.9. The van der Waals surface area contributed by atoms with E-state index in [2.05, 4.69) is 4.98 Å². The standard InChI is InChI=1S/C12H14N2O/c1-3-12(15)9(2)14-8-13-10-6-4-5-7-11(10)14/h4-9H,3H2,1-2H3. The molecule has 0 radical (unpaired) electrons. The van der Waals surface area contributed by atoms with Gasteiger partial charge < -0.3 is 4.57 Å². The van der Waals surface area contributed by atoms with Gasteiger partial charge in [-0.3, -0.25) is 4.79 Å². The summed E-state index contributed by atoms with van der Waals surface area (Å²) in [5.41, 5.74) is 1.96. The lowest BCUT2D eigenvalue weighted by molar-refractivity contribution is -0.121. The van der Waals surface area contributed by atoms with E-state index in [0.717, 1.165) is 11.0 Å². The number of rotatable bonds is 3. The molecule has 2 rings (SSSR count). The zero-order valence-electron chi connectivity index (χ0n) is 8.97. The number of aromatic nitrogens is 2. The number of carbonyl (C=O) groups excluding carboxylic acids is 1. The third-order valence-electron chi connectivity index (χ3n) is 2.71. The summed E-state index contributed by atoms with van der Waals surface area (Å²) < 4.78 is 1.93. The number of nitrogens with zero attached hydrogens (tertiary/aromatic N) is 2. The Bertz CT molecular complexity index is 487. The number of imidazole rings is 1. The first-order chi connectivity index (χ1) is 7.24. The van der Waals surface area contributed by atoms with Gasteiger partial charge in [-0.1, -0.05) is 19.1 Å². The van der Waals surface area contributed by atoms with E-state index in [4.69, 9.17) is 0 Å². The van der Waals surface area contributed by atoms with E-state index >= 15 is 0 Å². The fourth-order valence-corrected chi connectivity index (χ4v) is 1.74. The Kier molecular flexibility index (Phi) is 2.54. The van der Waals surface area contributed by atoms with Crippen LogP contribution in [0.4, 0.5) is 0 Å². The SMILES string of the molecule is CCC(=O)C(C)n1cnc2ccccc21. The molecular weight excluding hydrogens is 188 g/mol. The molecule has 0 amide bonds. The van der Waals surface area contributed by atoms with Crippen molar-refractivity contribution >= 4 is 16.8 Å².